The Bertz CT molecular complexity index is 665. The SMILES string of the molecule is CC(=O)c1ccc(Oc2ccc(C)cc2[N+](=O)[O-])cn1. The summed E-state index contributed by atoms with van der Waals surface area (Å²) >= 11 is 0. The monoisotopic (exact) mass is 272 g/mol. The molecule has 0 unspecified atom stereocenters. The van der Waals surface area contributed by atoms with Gasteiger partial charge in [-0.2, -0.15) is 0 Å². The van der Waals surface area contributed by atoms with Crippen molar-refractivity contribution in [2.75, 3.05) is 0 Å². The molecular weight excluding hydrogens is 260 g/mol. The smallest absolute Gasteiger partial charge is 0.311 e. The molecule has 6 nitrogen and oxygen atoms in total. The minimum Gasteiger partial charge on any atom is -0.449 e. The normalized spacial score (nSPS) is 10.1. The first-order valence-corrected chi connectivity index (χ1v) is 5.87. The van der Waals surface area contributed by atoms with E-state index in [0.29, 0.717) is 11.4 Å². The average molecular weight is 272 g/mol. The van der Waals surface area contributed by atoms with Crippen LogP contribution in [0.1, 0.15) is 23.0 Å². The van der Waals surface area contributed by atoms with E-state index in [0.717, 1.165) is 5.56 Å². The molecule has 102 valence electrons. The number of carbonyl (C=O) groups is 1. The Kier molecular flexibility index (Phi) is 3.74. The molecule has 0 radical (unpaired) electrons. The van der Waals surface area contributed by atoms with E-state index in [1.807, 2.05) is 0 Å². The maximum Gasteiger partial charge on any atom is 0.311 e. The highest BCUT2D eigenvalue weighted by Crippen LogP contribution is 2.31. The minimum atomic E-state index is -0.500. The van der Waals surface area contributed by atoms with Crippen LogP contribution in [-0.4, -0.2) is 15.7 Å². The van der Waals surface area contributed by atoms with E-state index >= 15 is 0 Å². The number of aryl methyl sites for hydroxylation is 1. The van der Waals surface area contributed by atoms with Crippen LogP contribution in [-0.2, 0) is 0 Å². The molecule has 2 aromatic rings. The van der Waals surface area contributed by atoms with Crippen LogP contribution >= 0.6 is 0 Å². The molecule has 0 spiro atoms. The number of pyridine rings is 1. The number of aromatic nitrogens is 1. The second kappa shape index (κ2) is 5.48. The Labute approximate surface area is 115 Å². The van der Waals surface area contributed by atoms with Gasteiger partial charge < -0.3 is 4.74 Å². The molecule has 0 aliphatic rings. The Morgan fingerprint density at radius 3 is 2.60 bits per heavy atom. The maximum atomic E-state index is 11.1. The Hall–Kier alpha value is -2.76. The molecule has 0 aliphatic heterocycles. The van der Waals surface area contributed by atoms with Gasteiger partial charge in [0.15, 0.2) is 5.78 Å². The van der Waals surface area contributed by atoms with Crippen molar-refractivity contribution in [3.8, 4) is 11.5 Å². The van der Waals surface area contributed by atoms with Gasteiger partial charge >= 0.3 is 5.69 Å². The number of hydrogen-bond acceptors (Lipinski definition) is 5. The van der Waals surface area contributed by atoms with E-state index in [1.54, 1.807) is 19.1 Å². The van der Waals surface area contributed by atoms with E-state index < -0.39 is 4.92 Å². The molecule has 0 amide bonds. The standard InChI is InChI=1S/C14H12N2O4/c1-9-3-6-14(13(7-9)16(18)19)20-11-4-5-12(10(2)17)15-8-11/h3-8H,1-2H3. The van der Waals surface area contributed by atoms with Gasteiger partial charge in [0, 0.05) is 13.0 Å². The highest BCUT2D eigenvalue weighted by molar-refractivity contribution is 5.92. The maximum absolute atomic E-state index is 11.1. The lowest BCUT2D eigenvalue weighted by atomic mass is 10.2. The number of carbonyl (C=O) groups excluding carboxylic acids is 1. The first kappa shape index (κ1) is 13.7. The van der Waals surface area contributed by atoms with Gasteiger partial charge in [-0.1, -0.05) is 6.07 Å². The molecule has 1 aromatic heterocycles. The van der Waals surface area contributed by atoms with E-state index in [2.05, 4.69) is 4.98 Å². The van der Waals surface area contributed by atoms with Crippen LogP contribution in [0.5, 0.6) is 11.5 Å². The molecule has 2 rings (SSSR count). The fraction of sp³-hybridized carbons (Fsp3) is 0.143. The molecule has 0 atom stereocenters. The predicted octanol–water partition coefficient (Wildman–Crippen LogP) is 3.29. The third kappa shape index (κ3) is 2.97. The quantitative estimate of drug-likeness (QED) is 0.484. The van der Waals surface area contributed by atoms with Gasteiger partial charge in [-0.3, -0.25) is 14.9 Å². The van der Waals surface area contributed by atoms with Crippen LogP contribution in [0.2, 0.25) is 0 Å². The van der Waals surface area contributed by atoms with Gasteiger partial charge in [0.05, 0.1) is 11.1 Å². The van der Waals surface area contributed by atoms with Crippen molar-refractivity contribution in [1.82, 2.24) is 4.98 Å². The fourth-order valence-electron chi connectivity index (χ4n) is 1.63. The van der Waals surface area contributed by atoms with Crippen molar-refractivity contribution < 1.29 is 14.5 Å². The van der Waals surface area contributed by atoms with Crippen molar-refractivity contribution in [2.24, 2.45) is 0 Å². The van der Waals surface area contributed by atoms with Crippen molar-refractivity contribution in [1.29, 1.82) is 0 Å². The van der Waals surface area contributed by atoms with Crippen molar-refractivity contribution in [3.05, 3.63) is 57.9 Å². The molecule has 1 aromatic carbocycles. The Morgan fingerprint density at radius 1 is 1.30 bits per heavy atom. The van der Waals surface area contributed by atoms with E-state index in [4.69, 9.17) is 4.74 Å². The van der Waals surface area contributed by atoms with Gasteiger partial charge in [0.2, 0.25) is 5.75 Å². The molecule has 1 heterocycles. The number of nitro benzene ring substituents is 1. The first-order chi connectivity index (χ1) is 9.47. The summed E-state index contributed by atoms with van der Waals surface area (Å²) in [4.78, 5) is 25.5. The van der Waals surface area contributed by atoms with Gasteiger partial charge in [-0.05, 0) is 30.7 Å². The number of ether oxygens (including phenoxy) is 1. The summed E-state index contributed by atoms with van der Waals surface area (Å²) in [5.74, 6) is 0.317. The number of hydrogen-bond donors (Lipinski definition) is 0. The largest absolute Gasteiger partial charge is 0.449 e. The highest BCUT2D eigenvalue weighted by Gasteiger charge is 2.16. The summed E-state index contributed by atoms with van der Waals surface area (Å²) in [6.07, 6.45) is 1.36. The lowest BCUT2D eigenvalue weighted by Crippen LogP contribution is -1.97. The molecule has 0 saturated heterocycles. The average Bonchev–Trinajstić information content (AvgIpc) is 2.41. The zero-order valence-electron chi connectivity index (χ0n) is 11.0. The van der Waals surface area contributed by atoms with E-state index in [9.17, 15) is 14.9 Å². The fourth-order valence-corrected chi connectivity index (χ4v) is 1.63. The molecular formula is C14H12N2O4. The zero-order valence-corrected chi connectivity index (χ0v) is 11.0. The summed E-state index contributed by atoms with van der Waals surface area (Å²) in [7, 11) is 0. The highest BCUT2D eigenvalue weighted by atomic mass is 16.6. The zero-order chi connectivity index (χ0) is 14.7. The summed E-state index contributed by atoms with van der Waals surface area (Å²) in [6, 6.07) is 7.75. The van der Waals surface area contributed by atoms with Crippen molar-refractivity contribution in [3.63, 3.8) is 0 Å². The lowest BCUT2D eigenvalue weighted by molar-refractivity contribution is -0.385. The molecule has 0 fully saturated rings. The lowest BCUT2D eigenvalue weighted by Gasteiger charge is -2.06. The number of nitro groups is 1. The number of nitrogens with zero attached hydrogens (tertiary/aromatic N) is 2. The van der Waals surface area contributed by atoms with Crippen LogP contribution in [0.15, 0.2) is 36.5 Å². The topological polar surface area (TPSA) is 82.3 Å². The predicted molar refractivity (Wildman–Crippen MR) is 72.1 cm³/mol. The number of Topliss-reactive ketones (excluding diaryl/α,β-unsaturated/α-hetero) is 1. The Morgan fingerprint density at radius 2 is 2.05 bits per heavy atom. The van der Waals surface area contributed by atoms with Gasteiger partial charge in [0.25, 0.3) is 0 Å². The van der Waals surface area contributed by atoms with Gasteiger partial charge in [-0.15, -0.1) is 0 Å². The van der Waals surface area contributed by atoms with Crippen LogP contribution in [0.25, 0.3) is 0 Å². The van der Waals surface area contributed by atoms with Crippen LogP contribution in [0.4, 0.5) is 5.69 Å². The minimum absolute atomic E-state index is 0.111. The van der Waals surface area contributed by atoms with Crippen molar-refractivity contribution >= 4 is 11.5 Å². The van der Waals surface area contributed by atoms with E-state index in [1.165, 1.54) is 31.3 Å². The summed E-state index contributed by atoms with van der Waals surface area (Å²) in [5, 5.41) is 11.0. The number of ketones is 1. The molecule has 0 N–H and O–H groups in total. The third-order valence-corrected chi connectivity index (χ3v) is 2.64. The van der Waals surface area contributed by atoms with E-state index in [-0.39, 0.29) is 17.2 Å². The number of rotatable bonds is 4. The Balaban J connectivity index is 2.30. The molecule has 6 heteroatoms. The molecule has 20 heavy (non-hydrogen) atoms. The summed E-state index contributed by atoms with van der Waals surface area (Å²) in [6.45, 7) is 3.17. The molecule has 0 bridgehead atoms. The summed E-state index contributed by atoms with van der Waals surface area (Å²) < 4.78 is 5.45. The van der Waals surface area contributed by atoms with Crippen LogP contribution in [0, 0.1) is 17.0 Å². The molecule has 0 saturated carbocycles. The first-order valence-electron chi connectivity index (χ1n) is 5.87. The third-order valence-electron chi connectivity index (χ3n) is 2.64. The summed E-state index contributed by atoms with van der Waals surface area (Å²) in [5.41, 5.74) is 0.977. The molecule has 0 aliphatic carbocycles. The van der Waals surface area contributed by atoms with Crippen molar-refractivity contribution in [2.45, 2.75) is 13.8 Å². The second-order valence-electron chi connectivity index (χ2n) is 4.27. The number of benzene rings is 1. The van der Waals surface area contributed by atoms with Gasteiger partial charge in [0.1, 0.15) is 11.4 Å². The second-order valence-corrected chi connectivity index (χ2v) is 4.27. The van der Waals surface area contributed by atoms with Crippen LogP contribution in [0.3, 0.4) is 0 Å². The van der Waals surface area contributed by atoms with Gasteiger partial charge in [-0.25, -0.2) is 4.98 Å². The van der Waals surface area contributed by atoms with Crippen LogP contribution < -0.4 is 4.74 Å².